The van der Waals surface area contributed by atoms with Crippen molar-refractivity contribution in [2.24, 2.45) is 0 Å². The summed E-state index contributed by atoms with van der Waals surface area (Å²) in [6.45, 7) is 6.85. The van der Waals surface area contributed by atoms with Crippen molar-refractivity contribution in [1.29, 1.82) is 0 Å². The van der Waals surface area contributed by atoms with Gasteiger partial charge in [-0.15, -0.1) is 0 Å². The Morgan fingerprint density at radius 1 is 1.37 bits per heavy atom. The highest BCUT2D eigenvalue weighted by molar-refractivity contribution is 7.89. The Labute approximate surface area is 119 Å². The highest BCUT2D eigenvalue weighted by Gasteiger charge is 2.34. The van der Waals surface area contributed by atoms with Crippen molar-refractivity contribution in [2.45, 2.75) is 37.8 Å². The highest BCUT2D eigenvalue weighted by Crippen LogP contribution is 2.25. The van der Waals surface area contributed by atoms with Crippen LogP contribution in [-0.4, -0.2) is 37.9 Å². The topological polar surface area (TPSA) is 49.4 Å². The molecule has 0 spiro atoms. The van der Waals surface area contributed by atoms with Crippen LogP contribution in [-0.2, 0) is 10.0 Å². The second-order valence-corrected chi connectivity index (χ2v) is 7.44. The number of halogens is 1. The maximum absolute atomic E-state index is 12.7. The summed E-state index contributed by atoms with van der Waals surface area (Å²) in [6, 6.07) is 5.02. The average molecular weight is 303 g/mol. The molecule has 0 bridgehead atoms. The van der Waals surface area contributed by atoms with Crippen LogP contribution in [0.2, 0.25) is 5.02 Å². The minimum atomic E-state index is -3.46. The molecule has 0 saturated carbocycles. The Morgan fingerprint density at radius 3 is 2.68 bits per heavy atom. The molecular weight excluding hydrogens is 284 g/mol. The zero-order valence-electron chi connectivity index (χ0n) is 11.4. The summed E-state index contributed by atoms with van der Waals surface area (Å²) in [5.41, 5.74) is 0.686. The molecule has 1 heterocycles. The highest BCUT2D eigenvalue weighted by atomic mass is 35.5. The molecule has 1 aliphatic heterocycles. The quantitative estimate of drug-likeness (QED) is 0.909. The molecule has 1 saturated heterocycles. The Bertz CT molecular complexity index is 574. The zero-order chi connectivity index (χ0) is 14.2. The number of nitrogens with zero attached hydrogens (tertiary/aromatic N) is 1. The van der Waals surface area contributed by atoms with Gasteiger partial charge in [0.15, 0.2) is 0 Å². The molecule has 0 aliphatic carbocycles. The molecule has 2 rings (SSSR count). The van der Waals surface area contributed by atoms with Gasteiger partial charge in [0.1, 0.15) is 0 Å². The number of nitrogens with one attached hydrogen (secondary N) is 1. The summed E-state index contributed by atoms with van der Waals surface area (Å²) in [5.74, 6) is 0. The van der Waals surface area contributed by atoms with Crippen LogP contribution in [0.4, 0.5) is 0 Å². The van der Waals surface area contributed by atoms with Crippen LogP contribution in [0.1, 0.15) is 19.4 Å². The van der Waals surface area contributed by atoms with E-state index in [2.05, 4.69) is 5.32 Å². The fraction of sp³-hybridized carbons (Fsp3) is 0.538. The number of hydrogen-bond acceptors (Lipinski definition) is 3. The van der Waals surface area contributed by atoms with Crippen molar-refractivity contribution in [2.75, 3.05) is 13.1 Å². The van der Waals surface area contributed by atoms with Gasteiger partial charge >= 0.3 is 0 Å². The van der Waals surface area contributed by atoms with Gasteiger partial charge < -0.3 is 5.32 Å². The molecule has 2 atom stereocenters. The van der Waals surface area contributed by atoms with Gasteiger partial charge in [-0.25, -0.2) is 8.42 Å². The van der Waals surface area contributed by atoms with Crippen LogP contribution in [0.3, 0.4) is 0 Å². The van der Waals surface area contributed by atoms with Gasteiger partial charge in [0.05, 0.1) is 4.90 Å². The van der Waals surface area contributed by atoms with Crippen molar-refractivity contribution >= 4 is 21.6 Å². The van der Waals surface area contributed by atoms with Gasteiger partial charge in [0, 0.05) is 30.2 Å². The molecule has 4 nitrogen and oxygen atoms in total. The summed E-state index contributed by atoms with van der Waals surface area (Å²) in [5, 5.41) is 3.84. The molecule has 0 radical (unpaired) electrons. The van der Waals surface area contributed by atoms with Crippen LogP contribution < -0.4 is 5.32 Å². The number of hydrogen-bond donors (Lipinski definition) is 1. The van der Waals surface area contributed by atoms with Crippen LogP contribution in [0.15, 0.2) is 23.1 Å². The predicted octanol–water partition coefficient (Wildman–Crippen LogP) is 2.02. The molecule has 1 aromatic carbocycles. The largest absolute Gasteiger partial charge is 0.311 e. The Kier molecular flexibility index (Phi) is 4.20. The van der Waals surface area contributed by atoms with Gasteiger partial charge in [-0.3, -0.25) is 0 Å². The first-order valence-corrected chi connectivity index (χ1v) is 8.15. The summed E-state index contributed by atoms with van der Waals surface area (Å²) in [4.78, 5) is 0.345. The monoisotopic (exact) mass is 302 g/mol. The van der Waals surface area contributed by atoms with E-state index in [4.69, 9.17) is 11.6 Å². The second kappa shape index (κ2) is 5.40. The molecule has 1 fully saturated rings. The lowest BCUT2D eigenvalue weighted by Gasteiger charge is -2.36. The smallest absolute Gasteiger partial charge is 0.243 e. The number of sulfonamides is 1. The molecule has 0 amide bonds. The molecule has 6 heteroatoms. The Morgan fingerprint density at radius 2 is 2.05 bits per heavy atom. The van der Waals surface area contributed by atoms with E-state index in [0.717, 1.165) is 0 Å². The van der Waals surface area contributed by atoms with Gasteiger partial charge in [-0.1, -0.05) is 11.6 Å². The van der Waals surface area contributed by atoms with Crippen molar-refractivity contribution in [3.8, 4) is 0 Å². The molecule has 0 aromatic heterocycles. The number of benzene rings is 1. The number of rotatable bonds is 2. The van der Waals surface area contributed by atoms with E-state index in [-0.39, 0.29) is 12.1 Å². The van der Waals surface area contributed by atoms with E-state index < -0.39 is 10.0 Å². The van der Waals surface area contributed by atoms with Crippen LogP contribution >= 0.6 is 11.6 Å². The fourth-order valence-corrected chi connectivity index (χ4v) is 4.50. The third kappa shape index (κ3) is 2.94. The van der Waals surface area contributed by atoms with E-state index in [9.17, 15) is 8.42 Å². The molecule has 1 N–H and O–H groups in total. The molecule has 2 unspecified atom stereocenters. The first-order valence-electron chi connectivity index (χ1n) is 6.33. The van der Waals surface area contributed by atoms with Crippen molar-refractivity contribution < 1.29 is 8.42 Å². The molecular formula is C13H19ClN2O2S. The molecule has 1 aliphatic rings. The van der Waals surface area contributed by atoms with Gasteiger partial charge in [0.25, 0.3) is 0 Å². The van der Waals surface area contributed by atoms with Crippen molar-refractivity contribution in [3.05, 3.63) is 28.8 Å². The normalized spacial score (nSPS) is 25.5. The van der Waals surface area contributed by atoms with Gasteiger partial charge in [-0.2, -0.15) is 4.31 Å². The summed E-state index contributed by atoms with van der Waals surface area (Å²) < 4.78 is 27.0. The average Bonchev–Trinajstić information content (AvgIpc) is 2.31. The maximum Gasteiger partial charge on any atom is 0.243 e. The van der Waals surface area contributed by atoms with E-state index >= 15 is 0 Å². The van der Waals surface area contributed by atoms with Crippen LogP contribution in [0.5, 0.6) is 0 Å². The second-order valence-electron chi connectivity index (χ2n) is 5.14. The van der Waals surface area contributed by atoms with E-state index in [1.54, 1.807) is 29.4 Å². The minimum absolute atomic E-state index is 0.0451. The lowest BCUT2D eigenvalue weighted by atomic mass is 10.2. The van der Waals surface area contributed by atoms with Crippen molar-refractivity contribution in [3.63, 3.8) is 0 Å². The van der Waals surface area contributed by atoms with E-state index in [0.29, 0.717) is 28.6 Å². The third-order valence-corrected chi connectivity index (χ3v) is 5.81. The first kappa shape index (κ1) is 14.8. The van der Waals surface area contributed by atoms with Crippen LogP contribution in [0.25, 0.3) is 0 Å². The first-order chi connectivity index (χ1) is 8.82. The van der Waals surface area contributed by atoms with E-state index in [1.807, 2.05) is 13.8 Å². The maximum atomic E-state index is 12.7. The minimum Gasteiger partial charge on any atom is -0.311 e. The van der Waals surface area contributed by atoms with Gasteiger partial charge in [0.2, 0.25) is 10.0 Å². The van der Waals surface area contributed by atoms with Crippen LogP contribution in [0, 0.1) is 6.92 Å². The molecule has 1 aromatic rings. The summed E-state index contributed by atoms with van der Waals surface area (Å²) >= 11 is 5.89. The fourth-order valence-electron chi connectivity index (χ4n) is 2.35. The summed E-state index contributed by atoms with van der Waals surface area (Å²) in [6.07, 6.45) is 0. The summed E-state index contributed by atoms with van der Waals surface area (Å²) in [7, 11) is -3.46. The predicted molar refractivity (Wildman–Crippen MR) is 77.0 cm³/mol. The van der Waals surface area contributed by atoms with Crippen molar-refractivity contribution in [1.82, 2.24) is 9.62 Å². The van der Waals surface area contributed by atoms with E-state index in [1.165, 1.54) is 0 Å². The third-order valence-electron chi connectivity index (χ3n) is 3.43. The number of aryl methyl sites for hydroxylation is 1. The molecule has 19 heavy (non-hydrogen) atoms. The Hall–Kier alpha value is -0.620. The molecule has 106 valence electrons. The number of piperazine rings is 1. The lowest BCUT2D eigenvalue weighted by Crippen LogP contribution is -2.56. The SMILES string of the molecule is Cc1cc(Cl)ccc1S(=O)(=O)N1CC(C)NCC1C. The standard InChI is InChI=1S/C13H19ClN2O2S/c1-9-6-12(14)4-5-13(9)19(17,18)16-8-10(2)15-7-11(16)3/h4-6,10-11,15H,7-8H2,1-3H3. The lowest BCUT2D eigenvalue weighted by molar-refractivity contribution is 0.244. The van der Waals surface area contributed by atoms with Gasteiger partial charge in [-0.05, 0) is 44.5 Å². The zero-order valence-corrected chi connectivity index (χ0v) is 12.9. The Balaban J connectivity index is 2.41.